The lowest BCUT2D eigenvalue weighted by atomic mass is 9.80. The highest BCUT2D eigenvalue weighted by molar-refractivity contribution is 7.92. The molecule has 0 aliphatic rings. The van der Waals surface area contributed by atoms with Gasteiger partial charge in [-0.15, -0.1) is 0 Å². The summed E-state index contributed by atoms with van der Waals surface area (Å²) in [5.74, 6) is 0. The fourth-order valence-corrected chi connectivity index (χ4v) is 7.72. The summed E-state index contributed by atoms with van der Waals surface area (Å²) in [6.07, 6.45) is 1.06. The number of benzene rings is 5. The van der Waals surface area contributed by atoms with E-state index in [-0.39, 0.29) is 9.92 Å². The third kappa shape index (κ3) is 6.83. The average molecular weight is 665 g/mol. The van der Waals surface area contributed by atoms with Gasteiger partial charge in [0.05, 0.1) is 15.6 Å². The van der Waals surface area contributed by atoms with E-state index in [0.717, 1.165) is 16.7 Å². The van der Waals surface area contributed by atoms with Crippen LogP contribution in [0.3, 0.4) is 0 Å². The zero-order valence-electron chi connectivity index (χ0n) is 24.1. The van der Waals surface area contributed by atoms with E-state index >= 15 is 0 Å². The molecule has 0 amide bonds. The maximum absolute atomic E-state index is 14.0. The van der Waals surface area contributed by atoms with E-state index in [1.165, 1.54) is 16.4 Å². The molecule has 0 aliphatic carbocycles. The van der Waals surface area contributed by atoms with E-state index in [1.54, 1.807) is 30.3 Å². The molecule has 4 nitrogen and oxygen atoms in total. The predicted molar refractivity (Wildman–Crippen MR) is 181 cm³/mol. The Morgan fingerprint density at radius 2 is 1.16 bits per heavy atom. The van der Waals surface area contributed by atoms with Gasteiger partial charge < -0.3 is 4.74 Å². The summed E-state index contributed by atoms with van der Waals surface area (Å²) >= 11 is 18.9. The number of hydrogen-bond donors (Lipinski definition) is 0. The molecule has 5 rings (SSSR count). The van der Waals surface area contributed by atoms with E-state index < -0.39 is 21.7 Å². The summed E-state index contributed by atoms with van der Waals surface area (Å²) in [6.45, 7) is 2.23. The highest BCUT2D eigenvalue weighted by atomic mass is 35.5. The van der Waals surface area contributed by atoms with Gasteiger partial charge in [-0.1, -0.05) is 126 Å². The van der Waals surface area contributed by atoms with Crippen LogP contribution in [0.2, 0.25) is 15.1 Å². The van der Waals surface area contributed by atoms with E-state index in [4.69, 9.17) is 39.5 Å². The summed E-state index contributed by atoms with van der Waals surface area (Å²) in [5, 5.41) is 1.11. The number of anilines is 1. The summed E-state index contributed by atoms with van der Waals surface area (Å²) in [6, 6.07) is 40.9. The molecule has 0 N–H and O–H groups in total. The van der Waals surface area contributed by atoms with Gasteiger partial charge in [-0.2, -0.15) is 0 Å². The van der Waals surface area contributed by atoms with Crippen LogP contribution in [0.25, 0.3) is 0 Å². The zero-order chi connectivity index (χ0) is 31.2. The first-order chi connectivity index (χ1) is 21.2. The molecule has 0 heterocycles. The van der Waals surface area contributed by atoms with Gasteiger partial charge >= 0.3 is 0 Å². The molecule has 44 heavy (non-hydrogen) atoms. The van der Waals surface area contributed by atoms with Crippen molar-refractivity contribution < 1.29 is 13.2 Å². The van der Waals surface area contributed by atoms with Gasteiger partial charge in [-0.05, 0) is 78.9 Å². The summed E-state index contributed by atoms with van der Waals surface area (Å²) in [7, 11) is -4.01. The lowest BCUT2D eigenvalue weighted by Crippen LogP contribution is -2.39. The molecule has 5 aromatic rings. The van der Waals surface area contributed by atoms with Crippen LogP contribution in [0.5, 0.6) is 0 Å². The number of nitrogens with zero attached hydrogens (tertiary/aromatic N) is 1. The Kier molecular flexibility index (Phi) is 10.3. The third-order valence-corrected chi connectivity index (χ3v) is 10.3. The molecule has 0 saturated carbocycles. The second kappa shape index (κ2) is 14.2. The highest BCUT2D eigenvalue weighted by Gasteiger charge is 2.38. The van der Waals surface area contributed by atoms with Crippen LogP contribution in [0.1, 0.15) is 36.5 Å². The third-order valence-electron chi connectivity index (χ3n) is 7.54. The van der Waals surface area contributed by atoms with Crippen molar-refractivity contribution in [2.75, 3.05) is 10.9 Å². The fourth-order valence-electron chi connectivity index (χ4n) is 5.47. The smallest absolute Gasteiger partial charge is 0.264 e. The van der Waals surface area contributed by atoms with E-state index in [0.29, 0.717) is 35.2 Å². The molecule has 8 heteroatoms. The number of hydrogen-bond acceptors (Lipinski definition) is 3. The standard InChI is InChI=1S/C36H32Cl3NO3S/c1-27(40(35-26-32(38)21-24-34(35)39)44(41,42)33-22-19-31(37)20-23-33)12-11-25-43-36(28-13-5-2-6-14-28,29-15-7-3-8-16-29)30-17-9-4-10-18-30/h2-10,13-24,26-27H,11-12,25H2,1H3/t27-/m1/s1. The second-order valence-corrected chi connectivity index (χ2v) is 13.6. The number of rotatable bonds is 12. The van der Waals surface area contributed by atoms with Crippen LogP contribution in [0.4, 0.5) is 5.69 Å². The highest BCUT2D eigenvalue weighted by Crippen LogP contribution is 2.41. The van der Waals surface area contributed by atoms with Gasteiger partial charge in [0.25, 0.3) is 10.0 Å². The Balaban J connectivity index is 1.46. The largest absolute Gasteiger partial charge is 0.361 e. The van der Waals surface area contributed by atoms with Crippen molar-refractivity contribution in [2.45, 2.75) is 36.3 Å². The molecule has 0 aromatic heterocycles. The van der Waals surface area contributed by atoms with Crippen molar-refractivity contribution in [1.82, 2.24) is 0 Å². The van der Waals surface area contributed by atoms with Gasteiger partial charge in [0.1, 0.15) is 5.60 Å². The van der Waals surface area contributed by atoms with Crippen molar-refractivity contribution in [2.24, 2.45) is 0 Å². The predicted octanol–water partition coefficient (Wildman–Crippen LogP) is 10.0. The number of sulfonamides is 1. The lowest BCUT2D eigenvalue weighted by molar-refractivity contribution is 0.0104. The topological polar surface area (TPSA) is 46.6 Å². The molecule has 5 aromatic carbocycles. The van der Waals surface area contributed by atoms with Crippen molar-refractivity contribution in [1.29, 1.82) is 0 Å². The van der Waals surface area contributed by atoms with Crippen LogP contribution in [-0.4, -0.2) is 21.1 Å². The van der Waals surface area contributed by atoms with Gasteiger partial charge in [0.15, 0.2) is 0 Å². The molecule has 0 radical (unpaired) electrons. The molecule has 226 valence electrons. The molecular weight excluding hydrogens is 633 g/mol. The van der Waals surface area contributed by atoms with Crippen LogP contribution < -0.4 is 4.31 Å². The van der Waals surface area contributed by atoms with Crippen molar-refractivity contribution in [3.63, 3.8) is 0 Å². The Morgan fingerprint density at radius 3 is 1.66 bits per heavy atom. The first-order valence-electron chi connectivity index (χ1n) is 14.3. The molecule has 0 aliphatic heterocycles. The Morgan fingerprint density at radius 1 is 0.682 bits per heavy atom. The first kappa shape index (κ1) is 32.1. The van der Waals surface area contributed by atoms with E-state index in [1.807, 2.05) is 61.5 Å². The molecule has 0 unspecified atom stereocenters. The molecule has 0 spiro atoms. The molecule has 0 bridgehead atoms. The minimum absolute atomic E-state index is 0.109. The Bertz CT molecular complexity index is 1670. The van der Waals surface area contributed by atoms with Gasteiger partial charge in [-0.3, -0.25) is 4.31 Å². The first-order valence-corrected chi connectivity index (χ1v) is 16.9. The Hall–Kier alpha value is -3.32. The normalized spacial score (nSPS) is 12.5. The number of ether oxygens (including phenoxy) is 1. The van der Waals surface area contributed by atoms with Crippen LogP contribution >= 0.6 is 34.8 Å². The van der Waals surface area contributed by atoms with Gasteiger partial charge in [0, 0.05) is 22.7 Å². The SMILES string of the molecule is C[C@H](CCCOC(c1ccccc1)(c1ccccc1)c1ccccc1)N(c1cc(Cl)ccc1Cl)S(=O)(=O)c1ccc(Cl)cc1. The Labute approximate surface area is 274 Å². The van der Waals surface area contributed by atoms with Gasteiger partial charge in [0.2, 0.25) is 0 Å². The van der Waals surface area contributed by atoms with E-state index in [9.17, 15) is 8.42 Å². The fraction of sp³-hybridized carbons (Fsp3) is 0.167. The van der Waals surface area contributed by atoms with Crippen molar-refractivity contribution in [3.8, 4) is 0 Å². The molecule has 0 fully saturated rings. The average Bonchev–Trinajstić information content (AvgIpc) is 3.04. The quantitative estimate of drug-likeness (QED) is 0.0985. The molecular formula is C36H32Cl3NO3S. The molecule has 1 atom stereocenters. The van der Waals surface area contributed by atoms with Crippen molar-refractivity contribution in [3.05, 3.63) is 165 Å². The zero-order valence-corrected chi connectivity index (χ0v) is 27.2. The van der Waals surface area contributed by atoms with Crippen LogP contribution in [0, 0.1) is 0 Å². The van der Waals surface area contributed by atoms with Gasteiger partial charge in [-0.25, -0.2) is 8.42 Å². The maximum atomic E-state index is 14.0. The maximum Gasteiger partial charge on any atom is 0.264 e. The number of halogens is 3. The molecule has 0 saturated heterocycles. The summed E-state index contributed by atoms with van der Waals surface area (Å²) in [4.78, 5) is 0.109. The monoisotopic (exact) mass is 663 g/mol. The van der Waals surface area contributed by atoms with Crippen molar-refractivity contribution >= 4 is 50.5 Å². The van der Waals surface area contributed by atoms with Crippen LogP contribution in [0.15, 0.2) is 138 Å². The lowest BCUT2D eigenvalue weighted by Gasteiger charge is -2.36. The summed E-state index contributed by atoms with van der Waals surface area (Å²) in [5.41, 5.74) is 2.46. The van der Waals surface area contributed by atoms with E-state index in [2.05, 4.69) is 36.4 Å². The minimum atomic E-state index is -4.01. The van der Waals surface area contributed by atoms with Crippen LogP contribution in [-0.2, 0) is 20.4 Å². The summed E-state index contributed by atoms with van der Waals surface area (Å²) < 4.78 is 36.4. The minimum Gasteiger partial charge on any atom is -0.361 e. The second-order valence-electron chi connectivity index (χ2n) is 10.5.